The number of carbonyl (C=O) groups is 1. The van der Waals surface area contributed by atoms with Crippen molar-refractivity contribution in [1.29, 1.82) is 0 Å². The van der Waals surface area contributed by atoms with Crippen molar-refractivity contribution in [3.63, 3.8) is 0 Å². The first-order valence-electron chi connectivity index (χ1n) is 12.2. The van der Waals surface area contributed by atoms with Gasteiger partial charge in [-0.3, -0.25) is 14.2 Å². The SMILES string of the molecule is CC#CC(=O)N1CCCCC1c1nc(-c2ccc(COc3ccc(F)c(F)c3)cc2)c2c(C)nccn12. The smallest absolute Gasteiger partial charge is 0.299 e. The van der Waals surface area contributed by atoms with Gasteiger partial charge in [-0.25, -0.2) is 13.8 Å². The maximum absolute atomic E-state index is 13.5. The van der Waals surface area contributed by atoms with Gasteiger partial charge in [0, 0.05) is 30.6 Å². The van der Waals surface area contributed by atoms with E-state index >= 15 is 0 Å². The second-order valence-electron chi connectivity index (χ2n) is 9.00. The summed E-state index contributed by atoms with van der Waals surface area (Å²) in [6, 6.07) is 11.0. The summed E-state index contributed by atoms with van der Waals surface area (Å²) >= 11 is 0. The van der Waals surface area contributed by atoms with E-state index in [4.69, 9.17) is 9.72 Å². The van der Waals surface area contributed by atoms with Crippen molar-refractivity contribution in [3.8, 4) is 28.8 Å². The van der Waals surface area contributed by atoms with Gasteiger partial charge in [0.15, 0.2) is 11.6 Å². The fourth-order valence-electron chi connectivity index (χ4n) is 4.77. The van der Waals surface area contributed by atoms with E-state index in [1.54, 1.807) is 13.1 Å². The van der Waals surface area contributed by atoms with Crippen molar-refractivity contribution < 1.29 is 18.3 Å². The molecule has 6 nitrogen and oxygen atoms in total. The van der Waals surface area contributed by atoms with E-state index in [2.05, 4.69) is 16.8 Å². The van der Waals surface area contributed by atoms with Crippen molar-refractivity contribution in [2.75, 3.05) is 6.54 Å². The number of likely N-dealkylation sites (tertiary alicyclic amines) is 1. The molecule has 8 heteroatoms. The van der Waals surface area contributed by atoms with E-state index in [1.165, 1.54) is 6.07 Å². The summed E-state index contributed by atoms with van der Waals surface area (Å²) in [7, 11) is 0. The number of piperidine rings is 1. The molecule has 0 bridgehead atoms. The number of ether oxygens (including phenoxy) is 1. The molecule has 5 rings (SSSR count). The lowest BCUT2D eigenvalue weighted by atomic mass is 10.0. The lowest BCUT2D eigenvalue weighted by molar-refractivity contribution is -0.129. The number of imidazole rings is 1. The Bertz CT molecular complexity index is 1520. The van der Waals surface area contributed by atoms with Crippen molar-refractivity contribution >= 4 is 11.4 Å². The van der Waals surface area contributed by atoms with E-state index in [0.29, 0.717) is 6.54 Å². The predicted molar refractivity (Wildman–Crippen MR) is 136 cm³/mol. The number of hydrogen-bond donors (Lipinski definition) is 0. The number of aryl methyl sites for hydroxylation is 1. The number of fused-ring (bicyclic) bond motifs is 1. The molecule has 1 fully saturated rings. The molecule has 2 aromatic heterocycles. The number of halogens is 2. The second-order valence-corrected chi connectivity index (χ2v) is 9.00. The van der Waals surface area contributed by atoms with Gasteiger partial charge in [0.25, 0.3) is 5.91 Å². The highest BCUT2D eigenvalue weighted by atomic mass is 19.2. The average molecular weight is 501 g/mol. The molecule has 0 N–H and O–H groups in total. The Morgan fingerprint density at radius 3 is 2.70 bits per heavy atom. The van der Waals surface area contributed by atoms with Crippen LogP contribution < -0.4 is 4.74 Å². The van der Waals surface area contributed by atoms with Gasteiger partial charge in [0.1, 0.15) is 18.2 Å². The van der Waals surface area contributed by atoms with Crippen LogP contribution in [0.4, 0.5) is 8.78 Å². The molecular weight excluding hydrogens is 474 g/mol. The lowest BCUT2D eigenvalue weighted by Crippen LogP contribution is -2.38. The molecule has 1 aliphatic rings. The lowest BCUT2D eigenvalue weighted by Gasteiger charge is -2.33. The van der Waals surface area contributed by atoms with Gasteiger partial charge in [-0.15, -0.1) is 0 Å². The number of carbonyl (C=O) groups excluding carboxylic acids is 1. The normalized spacial score (nSPS) is 15.4. The molecule has 0 saturated carbocycles. The van der Waals surface area contributed by atoms with Crippen LogP contribution in [0.25, 0.3) is 16.8 Å². The Kier molecular flexibility index (Phi) is 6.87. The van der Waals surface area contributed by atoms with Crippen LogP contribution in [0.2, 0.25) is 0 Å². The number of benzene rings is 2. The Balaban J connectivity index is 1.46. The summed E-state index contributed by atoms with van der Waals surface area (Å²) in [5.41, 5.74) is 4.29. The van der Waals surface area contributed by atoms with E-state index in [-0.39, 0.29) is 24.3 Å². The molecule has 1 saturated heterocycles. The summed E-state index contributed by atoms with van der Waals surface area (Å²) in [6.45, 7) is 4.47. The first kappa shape index (κ1) is 24.4. The Hall–Kier alpha value is -4.25. The number of nitrogens with zero attached hydrogens (tertiary/aromatic N) is 4. The zero-order valence-electron chi connectivity index (χ0n) is 20.7. The molecule has 1 amide bonds. The van der Waals surface area contributed by atoms with E-state index < -0.39 is 11.6 Å². The van der Waals surface area contributed by atoms with E-state index in [9.17, 15) is 13.6 Å². The molecule has 37 heavy (non-hydrogen) atoms. The minimum Gasteiger partial charge on any atom is -0.489 e. The first-order valence-corrected chi connectivity index (χ1v) is 12.2. The van der Waals surface area contributed by atoms with E-state index in [1.807, 2.05) is 46.7 Å². The van der Waals surface area contributed by atoms with Crippen molar-refractivity contribution in [1.82, 2.24) is 19.3 Å². The summed E-state index contributed by atoms with van der Waals surface area (Å²) in [4.78, 5) is 24.1. The van der Waals surface area contributed by atoms with Crippen molar-refractivity contribution in [2.45, 2.75) is 45.8 Å². The molecule has 4 aromatic rings. The van der Waals surface area contributed by atoms with Crippen LogP contribution in [0.1, 0.15) is 49.3 Å². The molecule has 2 aromatic carbocycles. The maximum Gasteiger partial charge on any atom is 0.299 e. The third-order valence-corrected chi connectivity index (χ3v) is 6.58. The minimum atomic E-state index is -0.945. The topological polar surface area (TPSA) is 59.7 Å². The molecule has 3 heterocycles. The molecule has 0 spiro atoms. The van der Waals surface area contributed by atoms with Gasteiger partial charge in [-0.1, -0.05) is 30.2 Å². The van der Waals surface area contributed by atoms with Crippen molar-refractivity contribution in [3.05, 3.63) is 83.6 Å². The van der Waals surface area contributed by atoms with Crippen LogP contribution in [0, 0.1) is 30.4 Å². The molecule has 1 unspecified atom stereocenters. The van der Waals surface area contributed by atoms with E-state index in [0.717, 1.165) is 65.3 Å². The highest BCUT2D eigenvalue weighted by Gasteiger charge is 2.31. The number of rotatable bonds is 5. The van der Waals surface area contributed by atoms with Crippen LogP contribution in [0.3, 0.4) is 0 Å². The molecule has 1 aliphatic heterocycles. The first-order chi connectivity index (χ1) is 18.0. The zero-order valence-corrected chi connectivity index (χ0v) is 20.7. The van der Waals surface area contributed by atoms with Crippen LogP contribution >= 0.6 is 0 Å². The van der Waals surface area contributed by atoms with Gasteiger partial charge >= 0.3 is 0 Å². The standard InChI is InChI=1S/C29H26F2N4O2/c1-3-6-26(36)34-15-5-4-7-25(34)29-33-27(28-19(2)32-14-16-35(28)29)21-10-8-20(9-11-21)18-37-22-12-13-23(30)24(31)17-22/h8-14,16-17,25H,4-5,7,15,18H2,1-2H3. The van der Waals surface area contributed by atoms with Gasteiger partial charge in [-0.05, 0) is 56.7 Å². The highest BCUT2D eigenvalue weighted by Crippen LogP contribution is 2.35. The molecular formula is C29H26F2N4O2. The molecule has 188 valence electrons. The Morgan fingerprint density at radius 1 is 1.14 bits per heavy atom. The number of hydrogen-bond acceptors (Lipinski definition) is 4. The van der Waals surface area contributed by atoms with Crippen LogP contribution in [-0.2, 0) is 11.4 Å². The zero-order chi connectivity index (χ0) is 25.9. The van der Waals surface area contributed by atoms with Gasteiger partial charge < -0.3 is 9.64 Å². The molecule has 1 atom stereocenters. The number of amides is 1. The predicted octanol–water partition coefficient (Wildman–Crippen LogP) is 5.64. The average Bonchev–Trinajstić information content (AvgIpc) is 3.31. The summed E-state index contributed by atoms with van der Waals surface area (Å²) in [6.07, 6.45) is 6.41. The summed E-state index contributed by atoms with van der Waals surface area (Å²) < 4.78 is 34.3. The second kappa shape index (κ2) is 10.4. The third-order valence-electron chi connectivity index (χ3n) is 6.58. The Labute approximate surface area is 213 Å². The Morgan fingerprint density at radius 2 is 1.95 bits per heavy atom. The monoisotopic (exact) mass is 500 g/mol. The largest absolute Gasteiger partial charge is 0.489 e. The van der Waals surface area contributed by atoms with Crippen molar-refractivity contribution in [2.24, 2.45) is 0 Å². The van der Waals surface area contributed by atoms with Crippen LogP contribution in [-0.4, -0.2) is 31.7 Å². The van der Waals surface area contributed by atoms with Gasteiger partial charge in [0.05, 0.1) is 22.9 Å². The molecule has 0 radical (unpaired) electrons. The summed E-state index contributed by atoms with van der Waals surface area (Å²) in [5.74, 6) is 4.43. The molecule has 0 aliphatic carbocycles. The minimum absolute atomic E-state index is 0.172. The third kappa shape index (κ3) is 4.90. The maximum atomic E-state index is 13.5. The quantitative estimate of drug-likeness (QED) is 0.333. The highest BCUT2D eigenvalue weighted by molar-refractivity contribution is 5.93. The van der Waals surface area contributed by atoms with Crippen LogP contribution in [0.5, 0.6) is 5.75 Å². The number of aromatic nitrogens is 3. The summed E-state index contributed by atoms with van der Waals surface area (Å²) in [5, 5.41) is 0. The van der Waals surface area contributed by atoms with Gasteiger partial charge in [0.2, 0.25) is 0 Å². The fourth-order valence-corrected chi connectivity index (χ4v) is 4.77. The fraction of sp³-hybridized carbons (Fsp3) is 0.276. The van der Waals surface area contributed by atoms with Crippen LogP contribution in [0.15, 0.2) is 54.9 Å². The van der Waals surface area contributed by atoms with Gasteiger partial charge in [-0.2, -0.15) is 0 Å².